The molecule has 0 spiro atoms. The summed E-state index contributed by atoms with van der Waals surface area (Å²) in [6.07, 6.45) is 3.07. The number of imidazole rings is 1. The number of hydrogen-bond donors (Lipinski definition) is 2. The number of carbonyl (C=O) groups excluding carboxylic acids is 1. The summed E-state index contributed by atoms with van der Waals surface area (Å²) in [5.41, 5.74) is 1.26. The van der Waals surface area contributed by atoms with Crippen molar-refractivity contribution in [3.63, 3.8) is 0 Å². The molecule has 2 aromatic rings. The molecule has 0 radical (unpaired) electrons. The highest BCUT2D eigenvalue weighted by Crippen LogP contribution is 2.10. The van der Waals surface area contributed by atoms with Crippen LogP contribution in [-0.4, -0.2) is 46.9 Å². The number of carbonyl (C=O) groups is 1. The van der Waals surface area contributed by atoms with Gasteiger partial charge >= 0.3 is 0 Å². The first-order chi connectivity index (χ1) is 9.76. The number of hydrogen-bond acceptors (Lipinski definition) is 4. The number of nitrogens with one attached hydrogen (secondary N) is 1. The molecule has 6 heteroatoms. The van der Waals surface area contributed by atoms with Crippen molar-refractivity contribution < 1.29 is 14.6 Å². The first kappa shape index (κ1) is 14.2. The minimum atomic E-state index is -0.438. The molecule has 1 heterocycles. The Kier molecular flexibility index (Phi) is 4.86. The van der Waals surface area contributed by atoms with Crippen molar-refractivity contribution in [1.82, 2.24) is 14.9 Å². The van der Waals surface area contributed by atoms with Crippen LogP contribution < -0.4 is 5.32 Å². The largest absolute Gasteiger partial charge is 0.394 e. The fourth-order valence-corrected chi connectivity index (χ4v) is 1.86. The van der Waals surface area contributed by atoms with Crippen molar-refractivity contribution in [3.8, 4) is 5.69 Å². The maximum absolute atomic E-state index is 12.2. The average molecular weight is 275 g/mol. The number of benzene rings is 1. The normalized spacial score (nSPS) is 12.1. The lowest BCUT2D eigenvalue weighted by atomic mass is 10.3. The Hall–Kier alpha value is -2.18. The molecule has 2 N–H and O–H groups in total. The lowest BCUT2D eigenvalue weighted by Crippen LogP contribution is -2.41. The van der Waals surface area contributed by atoms with Crippen LogP contribution in [0.3, 0.4) is 0 Å². The molecule has 106 valence electrons. The topological polar surface area (TPSA) is 76.4 Å². The van der Waals surface area contributed by atoms with E-state index < -0.39 is 6.04 Å². The second-order valence-corrected chi connectivity index (χ2v) is 4.29. The Morgan fingerprint density at radius 1 is 1.45 bits per heavy atom. The monoisotopic (exact) mass is 275 g/mol. The Morgan fingerprint density at radius 2 is 2.20 bits per heavy atom. The smallest absolute Gasteiger partial charge is 0.270 e. The van der Waals surface area contributed by atoms with Crippen molar-refractivity contribution in [2.45, 2.75) is 6.04 Å². The molecule has 0 bridgehead atoms. The fourth-order valence-electron chi connectivity index (χ4n) is 1.86. The van der Waals surface area contributed by atoms with Crippen molar-refractivity contribution in [1.29, 1.82) is 0 Å². The molecule has 2 rings (SSSR count). The van der Waals surface area contributed by atoms with Gasteiger partial charge in [0.1, 0.15) is 5.69 Å². The predicted molar refractivity (Wildman–Crippen MR) is 73.8 cm³/mol. The molecular formula is C14H17N3O3. The molecule has 1 amide bonds. The van der Waals surface area contributed by atoms with Gasteiger partial charge in [0.25, 0.3) is 5.91 Å². The Labute approximate surface area is 117 Å². The van der Waals surface area contributed by atoms with Gasteiger partial charge in [-0.1, -0.05) is 18.2 Å². The molecule has 20 heavy (non-hydrogen) atoms. The molecule has 0 fully saturated rings. The summed E-state index contributed by atoms with van der Waals surface area (Å²) in [4.78, 5) is 16.2. The van der Waals surface area contributed by atoms with Gasteiger partial charge in [-0.3, -0.25) is 9.36 Å². The molecule has 0 aliphatic heterocycles. The molecule has 0 aliphatic rings. The van der Waals surface area contributed by atoms with Gasteiger partial charge in [0.15, 0.2) is 0 Å². The van der Waals surface area contributed by atoms with E-state index in [1.54, 1.807) is 10.9 Å². The summed E-state index contributed by atoms with van der Waals surface area (Å²) in [6, 6.07) is 9.01. The lowest BCUT2D eigenvalue weighted by molar-refractivity contribution is 0.0833. The molecule has 6 nitrogen and oxygen atoms in total. The van der Waals surface area contributed by atoms with E-state index in [-0.39, 0.29) is 19.1 Å². The molecule has 1 atom stereocenters. The van der Waals surface area contributed by atoms with Crippen LogP contribution in [0, 0.1) is 0 Å². The fraction of sp³-hybridized carbons (Fsp3) is 0.286. The molecule has 0 aliphatic carbocycles. The molecule has 0 saturated carbocycles. The third-order valence-corrected chi connectivity index (χ3v) is 2.83. The number of aliphatic hydroxyl groups excluding tert-OH is 1. The molecule has 1 aromatic carbocycles. The van der Waals surface area contributed by atoms with Crippen LogP contribution in [0.5, 0.6) is 0 Å². The van der Waals surface area contributed by atoms with Gasteiger partial charge < -0.3 is 15.2 Å². The minimum absolute atomic E-state index is 0.181. The highest BCUT2D eigenvalue weighted by Gasteiger charge is 2.17. The van der Waals surface area contributed by atoms with Crippen LogP contribution in [-0.2, 0) is 4.74 Å². The van der Waals surface area contributed by atoms with Gasteiger partial charge in [-0.2, -0.15) is 0 Å². The van der Waals surface area contributed by atoms with Crippen molar-refractivity contribution in [2.24, 2.45) is 0 Å². The van der Waals surface area contributed by atoms with Gasteiger partial charge in [0.05, 0.1) is 31.8 Å². The number of aromatic nitrogens is 2. The maximum Gasteiger partial charge on any atom is 0.270 e. The second-order valence-electron chi connectivity index (χ2n) is 4.29. The van der Waals surface area contributed by atoms with Crippen LogP contribution in [0.2, 0.25) is 0 Å². The number of nitrogens with zero attached hydrogens (tertiary/aromatic N) is 2. The predicted octanol–water partition coefficient (Wildman–Crippen LogP) is 0.609. The van der Waals surface area contributed by atoms with Crippen molar-refractivity contribution in [3.05, 3.63) is 48.5 Å². The average Bonchev–Trinajstić information content (AvgIpc) is 2.97. The Morgan fingerprint density at radius 3 is 2.85 bits per heavy atom. The minimum Gasteiger partial charge on any atom is -0.394 e. The van der Waals surface area contributed by atoms with E-state index in [1.807, 2.05) is 30.3 Å². The second kappa shape index (κ2) is 6.83. The third kappa shape index (κ3) is 3.23. The van der Waals surface area contributed by atoms with E-state index in [0.29, 0.717) is 5.69 Å². The zero-order chi connectivity index (χ0) is 14.4. The van der Waals surface area contributed by atoms with Gasteiger partial charge in [0, 0.05) is 12.8 Å². The van der Waals surface area contributed by atoms with Gasteiger partial charge in [-0.25, -0.2) is 4.98 Å². The zero-order valence-electron chi connectivity index (χ0n) is 11.2. The van der Waals surface area contributed by atoms with Gasteiger partial charge in [-0.05, 0) is 12.1 Å². The number of aliphatic hydroxyl groups is 1. The molecule has 0 saturated heterocycles. The highest BCUT2D eigenvalue weighted by atomic mass is 16.5. The van der Waals surface area contributed by atoms with E-state index in [0.717, 1.165) is 5.69 Å². The number of amides is 1. The van der Waals surface area contributed by atoms with Gasteiger partial charge in [-0.15, -0.1) is 0 Å². The Bertz CT molecular complexity index is 554. The zero-order valence-corrected chi connectivity index (χ0v) is 11.2. The van der Waals surface area contributed by atoms with Crippen LogP contribution in [0.4, 0.5) is 0 Å². The summed E-state index contributed by atoms with van der Waals surface area (Å²) < 4.78 is 6.62. The SMILES string of the molecule is COCC(CO)NC(=O)c1cncn1-c1ccccc1. The lowest BCUT2D eigenvalue weighted by Gasteiger charge is -2.15. The number of rotatable bonds is 6. The van der Waals surface area contributed by atoms with Gasteiger partial charge in [0.2, 0.25) is 0 Å². The summed E-state index contributed by atoms with van der Waals surface area (Å²) in [5.74, 6) is -0.303. The van der Waals surface area contributed by atoms with E-state index in [2.05, 4.69) is 10.3 Å². The van der Waals surface area contributed by atoms with Crippen LogP contribution >= 0.6 is 0 Å². The third-order valence-electron chi connectivity index (χ3n) is 2.83. The number of para-hydroxylation sites is 1. The van der Waals surface area contributed by atoms with E-state index in [1.165, 1.54) is 13.3 Å². The summed E-state index contributed by atoms with van der Waals surface area (Å²) in [7, 11) is 1.52. The van der Waals surface area contributed by atoms with Crippen LogP contribution in [0.25, 0.3) is 5.69 Å². The highest BCUT2D eigenvalue weighted by molar-refractivity contribution is 5.93. The summed E-state index contributed by atoms with van der Waals surface area (Å²) >= 11 is 0. The summed E-state index contributed by atoms with van der Waals surface area (Å²) in [5, 5.41) is 11.9. The van der Waals surface area contributed by atoms with Crippen LogP contribution in [0.1, 0.15) is 10.5 Å². The van der Waals surface area contributed by atoms with Crippen molar-refractivity contribution >= 4 is 5.91 Å². The standard InChI is InChI=1S/C14H17N3O3/c1-20-9-11(8-18)16-14(19)13-7-15-10-17(13)12-5-3-2-4-6-12/h2-7,10-11,18H,8-9H2,1H3,(H,16,19). The first-order valence-corrected chi connectivity index (χ1v) is 6.24. The summed E-state index contributed by atoms with van der Waals surface area (Å²) in [6.45, 7) is 0.0702. The molecule has 1 aromatic heterocycles. The quantitative estimate of drug-likeness (QED) is 0.810. The number of ether oxygens (including phenoxy) is 1. The first-order valence-electron chi connectivity index (χ1n) is 6.24. The molecular weight excluding hydrogens is 258 g/mol. The van der Waals surface area contributed by atoms with E-state index in [4.69, 9.17) is 4.74 Å². The maximum atomic E-state index is 12.2. The van der Waals surface area contributed by atoms with Crippen LogP contribution in [0.15, 0.2) is 42.9 Å². The van der Waals surface area contributed by atoms with Crippen molar-refractivity contribution in [2.75, 3.05) is 20.3 Å². The van der Waals surface area contributed by atoms with E-state index >= 15 is 0 Å². The number of methoxy groups -OCH3 is 1. The molecule has 1 unspecified atom stereocenters. The van der Waals surface area contributed by atoms with E-state index in [9.17, 15) is 9.90 Å². The Balaban J connectivity index is 2.18.